The van der Waals surface area contributed by atoms with Crippen molar-refractivity contribution in [1.82, 2.24) is 20.5 Å². The predicted octanol–water partition coefficient (Wildman–Crippen LogP) is 2.96. The maximum absolute atomic E-state index is 13.5. The number of nitrogens with zero attached hydrogens (tertiary/aromatic N) is 3. The Morgan fingerprint density at radius 2 is 1.90 bits per heavy atom. The number of piperazine rings is 1. The third-order valence-electron chi connectivity index (χ3n) is 7.62. The van der Waals surface area contributed by atoms with E-state index in [1.54, 1.807) is 11.3 Å². The molecular formula is C29H45N5O4S. The Kier molecular flexibility index (Phi) is 11.3. The van der Waals surface area contributed by atoms with Crippen molar-refractivity contribution in [3.05, 3.63) is 35.0 Å². The summed E-state index contributed by atoms with van der Waals surface area (Å²) in [6.45, 7) is 15.0. The van der Waals surface area contributed by atoms with Crippen LogP contribution in [-0.2, 0) is 9.59 Å². The van der Waals surface area contributed by atoms with E-state index < -0.39 is 18.2 Å². The summed E-state index contributed by atoms with van der Waals surface area (Å²) in [6, 6.07) is 4.69. The number of likely N-dealkylation sites (tertiary alicyclic amines) is 1. The van der Waals surface area contributed by atoms with Gasteiger partial charge in [-0.15, -0.1) is 11.3 Å². The highest BCUT2D eigenvalue weighted by atomic mass is 32.1. The van der Waals surface area contributed by atoms with Gasteiger partial charge in [0, 0.05) is 56.3 Å². The number of carbonyl (C=O) groups is 2. The summed E-state index contributed by atoms with van der Waals surface area (Å²) in [7, 11) is 0. The van der Waals surface area contributed by atoms with E-state index in [9.17, 15) is 19.8 Å². The summed E-state index contributed by atoms with van der Waals surface area (Å²) < 4.78 is 0. The number of β-amino-alcohol motifs (C(OH)–C–C–N with tert-alkyl or cyclic N) is 1. The van der Waals surface area contributed by atoms with Gasteiger partial charge in [0.15, 0.2) is 0 Å². The van der Waals surface area contributed by atoms with E-state index in [-0.39, 0.29) is 43.2 Å². The summed E-state index contributed by atoms with van der Waals surface area (Å²) in [5.74, 6) is -0.607. The molecule has 9 nitrogen and oxygen atoms in total. The Morgan fingerprint density at radius 1 is 1.21 bits per heavy atom. The van der Waals surface area contributed by atoms with Crippen molar-refractivity contribution in [2.75, 3.05) is 44.2 Å². The fourth-order valence-corrected chi connectivity index (χ4v) is 5.88. The van der Waals surface area contributed by atoms with Gasteiger partial charge in [-0.05, 0) is 24.5 Å². The highest BCUT2D eigenvalue weighted by Crippen LogP contribution is 2.35. The number of hydrogen-bond acceptors (Lipinski definition) is 8. The molecule has 0 aliphatic carbocycles. The molecular weight excluding hydrogens is 514 g/mol. The molecule has 0 spiro atoms. The topological polar surface area (TPSA) is 118 Å². The molecule has 4 atom stereocenters. The molecule has 4 unspecified atom stereocenters. The number of carbonyl (C=O) groups excluding carboxylic acids is 2. The summed E-state index contributed by atoms with van der Waals surface area (Å²) in [5.41, 5.74) is 5.66. The first-order chi connectivity index (χ1) is 18.7. The fraction of sp³-hybridized carbons (Fsp3) is 0.621. The minimum Gasteiger partial charge on any atom is -0.394 e. The molecule has 0 saturated carbocycles. The van der Waals surface area contributed by atoms with Gasteiger partial charge in [0.25, 0.3) is 0 Å². The second-order valence-electron chi connectivity index (χ2n) is 10.4. The maximum atomic E-state index is 13.5. The molecule has 2 aliphatic heterocycles. The quantitative estimate of drug-likeness (QED) is 0.393. The second kappa shape index (κ2) is 14.2. The van der Waals surface area contributed by atoms with Crippen molar-refractivity contribution in [2.24, 2.45) is 11.8 Å². The van der Waals surface area contributed by atoms with Crippen molar-refractivity contribution < 1.29 is 19.8 Å². The minimum absolute atomic E-state index is 0.126. The third kappa shape index (κ3) is 7.16. The number of nitrogens with one attached hydrogen (secondary N) is 2. The van der Waals surface area contributed by atoms with Gasteiger partial charge in [-0.3, -0.25) is 9.59 Å². The molecule has 1 aromatic heterocycles. The molecule has 2 aliphatic rings. The first kappa shape index (κ1) is 31.0. The minimum atomic E-state index is -0.764. The SMILES string of the molecule is CC.Cc1ncsc1-c1ccc(C(CO)NC(=O)C2CC(O)CN2C(=O)C(C)C(C)C)c(N2CCNCC2)c1. The lowest BCUT2D eigenvalue weighted by molar-refractivity contribution is -0.142. The average Bonchev–Trinajstić information content (AvgIpc) is 3.57. The Balaban J connectivity index is 0.00000205. The molecule has 2 amide bonds. The summed E-state index contributed by atoms with van der Waals surface area (Å²) in [5, 5.41) is 27.1. The van der Waals surface area contributed by atoms with Gasteiger partial charge in [0.1, 0.15) is 6.04 Å². The molecule has 0 bridgehead atoms. The molecule has 2 fully saturated rings. The first-order valence-electron chi connectivity index (χ1n) is 14.1. The molecule has 39 heavy (non-hydrogen) atoms. The van der Waals surface area contributed by atoms with Gasteiger partial charge in [0.05, 0.1) is 34.8 Å². The van der Waals surface area contributed by atoms with Crippen LogP contribution < -0.4 is 15.5 Å². The van der Waals surface area contributed by atoms with E-state index in [0.717, 1.165) is 53.6 Å². The summed E-state index contributed by atoms with van der Waals surface area (Å²) in [6.07, 6.45) is -0.556. The van der Waals surface area contributed by atoms with Crippen LogP contribution in [0.3, 0.4) is 0 Å². The Morgan fingerprint density at radius 3 is 2.49 bits per heavy atom. The summed E-state index contributed by atoms with van der Waals surface area (Å²) >= 11 is 1.59. The highest BCUT2D eigenvalue weighted by Gasteiger charge is 2.41. The molecule has 4 rings (SSSR count). The van der Waals surface area contributed by atoms with Crippen LogP contribution in [0.5, 0.6) is 0 Å². The Labute approximate surface area is 236 Å². The molecule has 0 radical (unpaired) electrons. The van der Waals surface area contributed by atoms with Crippen molar-refractivity contribution in [3.8, 4) is 10.4 Å². The van der Waals surface area contributed by atoms with Crippen molar-refractivity contribution in [1.29, 1.82) is 0 Å². The molecule has 4 N–H and O–H groups in total. The lowest BCUT2D eigenvalue weighted by atomic mass is 9.96. The molecule has 216 valence electrons. The van der Waals surface area contributed by atoms with Crippen LogP contribution >= 0.6 is 11.3 Å². The number of benzene rings is 1. The zero-order chi connectivity index (χ0) is 28.7. The van der Waals surface area contributed by atoms with Crippen molar-refractivity contribution >= 4 is 28.8 Å². The maximum Gasteiger partial charge on any atom is 0.243 e. The van der Waals surface area contributed by atoms with E-state index in [1.807, 2.05) is 59.2 Å². The number of hydrogen-bond donors (Lipinski definition) is 4. The normalized spacial score (nSPS) is 20.8. The Bertz CT molecular complexity index is 1100. The second-order valence-corrected chi connectivity index (χ2v) is 11.3. The van der Waals surface area contributed by atoms with E-state index >= 15 is 0 Å². The standard InChI is InChI=1S/C27H39N5O4S.C2H6/c1-16(2)17(3)27(36)32-13-20(34)12-24(32)26(35)30-22(14-33)21-6-5-19(25-18(4)29-15-37-25)11-23(21)31-9-7-28-8-10-31;1-2/h5-6,11,15-17,20,22,24,28,33-34H,7-10,12-14H2,1-4H3,(H,30,35);1-2H3. The number of amides is 2. The number of aliphatic hydroxyl groups excluding tert-OH is 2. The van der Waals surface area contributed by atoms with Crippen LogP contribution in [0.2, 0.25) is 0 Å². The molecule has 3 heterocycles. The van der Waals surface area contributed by atoms with E-state index in [2.05, 4.69) is 26.6 Å². The van der Waals surface area contributed by atoms with E-state index in [4.69, 9.17) is 0 Å². The fourth-order valence-electron chi connectivity index (χ4n) is 5.08. The molecule has 10 heteroatoms. The van der Waals surface area contributed by atoms with Gasteiger partial charge < -0.3 is 30.6 Å². The third-order valence-corrected chi connectivity index (χ3v) is 8.60. The number of anilines is 1. The van der Waals surface area contributed by atoms with Crippen LogP contribution in [0.1, 0.15) is 58.3 Å². The Hall–Kier alpha value is -2.53. The lowest BCUT2D eigenvalue weighted by Gasteiger charge is -2.34. The van der Waals surface area contributed by atoms with Gasteiger partial charge in [-0.1, -0.05) is 46.8 Å². The average molecular weight is 560 g/mol. The lowest BCUT2D eigenvalue weighted by Crippen LogP contribution is -2.49. The largest absolute Gasteiger partial charge is 0.394 e. The summed E-state index contributed by atoms with van der Waals surface area (Å²) in [4.78, 5) is 35.8. The van der Waals surface area contributed by atoms with Crippen LogP contribution in [0, 0.1) is 18.8 Å². The number of thiazole rings is 1. The first-order valence-corrected chi connectivity index (χ1v) is 15.0. The highest BCUT2D eigenvalue weighted by molar-refractivity contribution is 7.13. The number of rotatable bonds is 8. The zero-order valence-electron chi connectivity index (χ0n) is 24.1. The van der Waals surface area contributed by atoms with E-state index in [0.29, 0.717) is 0 Å². The van der Waals surface area contributed by atoms with Crippen LogP contribution in [0.25, 0.3) is 10.4 Å². The van der Waals surface area contributed by atoms with Gasteiger partial charge >= 0.3 is 0 Å². The molecule has 2 saturated heterocycles. The van der Waals surface area contributed by atoms with Crippen molar-refractivity contribution in [3.63, 3.8) is 0 Å². The van der Waals surface area contributed by atoms with Crippen LogP contribution in [-0.4, -0.2) is 83.4 Å². The van der Waals surface area contributed by atoms with Crippen LogP contribution in [0.4, 0.5) is 5.69 Å². The van der Waals surface area contributed by atoms with Gasteiger partial charge in [-0.2, -0.15) is 0 Å². The van der Waals surface area contributed by atoms with Gasteiger partial charge in [-0.25, -0.2) is 4.98 Å². The number of aromatic nitrogens is 1. The van der Waals surface area contributed by atoms with Crippen molar-refractivity contribution in [2.45, 2.75) is 66.2 Å². The smallest absolute Gasteiger partial charge is 0.243 e. The van der Waals surface area contributed by atoms with Gasteiger partial charge in [0.2, 0.25) is 11.8 Å². The molecule has 1 aromatic carbocycles. The molecule has 2 aromatic rings. The van der Waals surface area contributed by atoms with Crippen LogP contribution in [0.15, 0.2) is 23.7 Å². The number of aryl methyl sites for hydroxylation is 1. The number of aliphatic hydroxyl groups is 2. The predicted molar refractivity (Wildman–Crippen MR) is 157 cm³/mol. The van der Waals surface area contributed by atoms with E-state index in [1.165, 1.54) is 4.90 Å². The zero-order valence-corrected chi connectivity index (χ0v) is 24.9. The monoisotopic (exact) mass is 559 g/mol.